The molecule has 3 rings (SSSR count). The summed E-state index contributed by atoms with van der Waals surface area (Å²) in [5.41, 5.74) is 2.03. The van der Waals surface area contributed by atoms with E-state index in [1.54, 1.807) is 7.11 Å². The van der Waals surface area contributed by atoms with Crippen LogP contribution >= 0.6 is 11.3 Å². The number of carbonyl (C=O) groups is 2. The Morgan fingerprint density at radius 1 is 1.26 bits per heavy atom. The molecule has 1 aromatic heterocycles. The molecule has 31 heavy (non-hydrogen) atoms. The normalized spacial score (nSPS) is 17.9. The summed E-state index contributed by atoms with van der Waals surface area (Å²) in [5, 5.41) is 21.0. The van der Waals surface area contributed by atoms with Crippen LogP contribution in [0.5, 0.6) is 0 Å². The Labute approximate surface area is 185 Å². The molecule has 0 spiro atoms. The number of carboxylic acids is 1. The van der Waals surface area contributed by atoms with E-state index >= 15 is 0 Å². The number of unbranched alkanes of at least 4 members (excludes halogenated alkanes) is 1. The lowest BCUT2D eigenvalue weighted by Gasteiger charge is -2.32. The molecule has 1 aliphatic carbocycles. The largest absolute Gasteiger partial charge is 0.481 e. The molecule has 2 N–H and O–H groups in total. The lowest BCUT2D eigenvalue weighted by molar-refractivity contribution is -0.137. The number of benzene rings is 1. The average molecular weight is 442 g/mol. The molecule has 8 heteroatoms. The highest BCUT2D eigenvalue weighted by Gasteiger charge is 2.31. The second-order valence-electron chi connectivity index (χ2n) is 7.56. The number of nitrogens with zero attached hydrogens (tertiary/aromatic N) is 2. The number of aryl methyl sites for hydroxylation is 1. The molecule has 2 aromatic rings. The Morgan fingerprint density at radius 2 is 2.03 bits per heavy atom. The maximum absolute atomic E-state index is 12.8. The zero-order chi connectivity index (χ0) is 22.3. The number of aliphatic carboxylic acids is 1. The number of anilines is 1. The molecule has 1 aromatic carbocycles. The number of nitrogens with one attached hydrogen (secondary N) is 1. The number of carboxylic acid groups (broad SMARTS) is 1. The van der Waals surface area contributed by atoms with Gasteiger partial charge in [-0.1, -0.05) is 73.6 Å². The fraction of sp³-hybridized carbons (Fsp3) is 0.391. The molecule has 0 saturated carbocycles. The third-order valence-electron chi connectivity index (χ3n) is 5.31. The fourth-order valence-corrected chi connectivity index (χ4v) is 4.20. The number of ether oxygens (including phenoxy) is 1. The molecule has 1 heterocycles. The number of hydrogen-bond acceptors (Lipinski definition) is 6. The minimum atomic E-state index is -0.815. The SMILES string of the molecule is CCCCC1(OC)C=CC=C(C(=O)Nc2nnc(-c3ccc(CCC(=O)O)cc3)s2)C1. The van der Waals surface area contributed by atoms with Crippen LogP contribution in [0.4, 0.5) is 5.13 Å². The van der Waals surface area contributed by atoms with E-state index in [2.05, 4.69) is 22.4 Å². The standard InChI is InChI=1S/C23H27N3O4S/c1-3-4-13-23(30-2)14-5-6-18(15-23)20(29)24-22-26-25-21(31-22)17-10-7-16(8-11-17)9-12-19(27)28/h5-8,10-11,14H,3-4,9,12-13,15H2,1-2H3,(H,27,28)(H,24,26,29). The van der Waals surface area contributed by atoms with Crippen molar-refractivity contribution in [3.05, 3.63) is 53.6 Å². The maximum atomic E-state index is 12.8. The third kappa shape index (κ3) is 6.08. The van der Waals surface area contributed by atoms with Gasteiger partial charge in [0.05, 0.1) is 5.60 Å². The van der Waals surface area contributed by atoms with Crippen LogP contribution in [0.15, 0.2) is 48.1 Å². The zero-order valence-electron chi connectivity index (χ0n) is 17.8. The molecule has 0 fully saturated rings. The summed E-state index contributed by atoms with van der Waals surface area (Å²) >= 11 is 1.30. The lowest BCUT2D eigenvalue weighted by Crippen LogP contribution is -2.33. The maximum Gasteiger partial charge on any atom is 0.303 e. The first-order valence-electron chi connectivity index (χ1n) is 10.3. The smallest absolute Gasteiger partial charge is 0.303 e. The summed E-state index contributed by atoms with van der Waals surface area (Å²) in [4.78, 5) is 23.5. The van der Waals surface area contributed by atoms with Crippen molar-refractivity contribution in [2.75, 3.05) is 12.4 Å². The van der Waals surface area contributed by atoms with Crippen LogP contribution in [-0.2, 0) is 20.7 Å². The highest BCUT2D eigenvalue weighted by atomic mass is 32.1. The summed E-state index contributed by atoms with van der Waals surface area (Å²) in [5.74, 6) is -1.01. The van der Waals surface area contributed by atoms with Crippen molar-refractivity contribution in [2.45, 2.75) is 51.0 Å². The number of amides is 1. The van der Waals surface area contributed by atoms with E-state index < -0.39 is 11.6 Å². The van der Waals surface area contributed by atoms with E-state index in [4.69, 9.17) is 9.84 Å². The van der Waals surface area contributed by atoms with Gasteiger partial charge in [0, 0.05) is 31.1 Å². The highest BCUT2D eigenvalue weighted by molar-refractivity contribution is 7.18. The Hall–Kier alpha value is -2.84. The van der Waals surface area contributed by atoms with E-state index in [1.807, 2.05) is 42.5 Å². The molecule has 7 nitrogen and oxygen atoms in total. The van der Waals surface area contributed by atoms with E-state index in [0.717, 1.165) is 30.4 Å². The van der Waals surface area contributed by atoms with Crippen LogP contribution in [0.1, 0.15) is 44.6 Å². The molecule has 164 valence electrons. The van der Waals surface area contributed by atoms with E-state index in [0.29, 0.717) is 28.6 Å². The Bertz CT molecular complexity index is 981. The van der Waals surface area contributed by atoms with Crippen LogP contribution in [0.3, 0.4) is 0 Å². The summed E-state index contributed by atoms with van der Waals surface area (Å²) < 4.78 is 5.75. The Morgan fingerprint density at radius 3 is 2.71 bits per heavy atom. The van der Waals surface area contributed by atoms with Gasteiger partial charge in [-0.15, -0.1) is 10.2 Å². The third-order valence-corrected chi connectivity index (χ3v) is 6.20. The van der Waals surface area contributed by atoms with Gasteiger partial charge in [0.15, 0.2) is 0 Å². The minimum absolute atomic E-state index is 0.0994. The van der Waals surface area contributed by atoms with Crippen LogP contribution in [-0.4, -0.2) is 39.9 Å². The highest BCUT2D eigenvalue weighted by Crippen LogP contribution is 2.33. The van der Waals surface area contributed by atoms with Gasteiger partial charge >= 0.3 is 5.97 Å². The van der Waals surface area contributed by atoms with Crippen molar-refractivity contribution in [3.8, 4) is 10.6 Å². The number of rotatable bonds is 10. The fourth-order valence-electron chi connectivity index (χ4n) is 3.46. The molecule has 1 atom stereocenters. The van der Waals surface area contributed by atoms with Gasteiger partial charge in [-0.05, 0) is 18.4 Å². The van der Waals surface area contributed by atoms with Crippen LogP contribution < -0.4 is 5.32 Å². The average Bonchev–Trinajstić information content (AvgIpc) is 3.25. The van der Waals surface area contributed by atoms with Gasteiger partial charge in [0.2, 0.25) is 5.13 Å². The van der Waals surface area contributed by atoms with Gasteiger partial charge in [-0.3, -0.25) is 14.9 Å². The summed E-state index contributed by atoms with van der Waals surface area (Å²) in [6.07, 6.45) is 9.80. The second-order valence-corrected chi connectivity index (χ2v) is 8.53. The number of hydrogen-bond donors (Lipinski definition) is 2. The molecular weight excluding hydrogens is 414 g/mol. The molecule has 0 saturated heterocycles. The van der Waals surface area contributed by atoms with Crippen LogP contribution in [0.25, 0.3) is 10.6 Å². The number of allylic oxidation sites excluding steroid dienone is 2. The van der Waals surface area contributed by atoms with Crippen LogP contribution in [0, 0.1) is 0 Å². The first kappa shape index (κ1) is 22.8. The topological polar surface area (TPSA) is 101 Å². The van der Waals surface area contributed by atoms with Crippen molar-refractivity contribution >= 4 is 28.3 Å². The van der Waals surface area contributed by atoms with E-state index in [9.17, 15) is 9.59 Å². The Balaban J connectivity index is 1.63. The lowest BCUT2D eigenvalue weighted by atomic mass is 9.85. The summed E-state index contributed by atoms with van der Waals surface area (Å²) in [6, 6.07) is 7.55. The van der Waals surface area contributed by atoms with E-state index in [1.165, 1.54) is 11.3 Å². The second kappa shape index (κ2) is 10.5. The molecule has 0 aliphatic heterocycles. The zero-order valence-corrected chi connectivity index (χ0v) is 18.6. The first-order valence-corrected chi connectivity index (χ1v) is 11.2. The molecule has 1 aliphatic rings. The van der Waals surface area contributed by atoms with Gasteiger partial charge in [0.1, 0.15) is 5.01 Å². The summed E-state index contributed by atoms with van der Waals surface area (Å²) in [6.45, 7) is 2.13. The predicted octanol–water partition coefficient (Wildman–Crippen LogP) is 4.62. The van der Waals surface area contributed by atoms with Gasteiger partial charge in [-0.2, -0.15) is 0 Å². The number of carbonyl (C=O) groups excluding carboxylic acids is 1. The van der Waals surface area contributed by atoms with Gasteiger partial charge < -0.3 is 9.84 Å². The van der Waals surface area contributed by atoms with Gasteiger partial charge in [0.25, 0.3) is 5.91 Å². The minimum Gasteiger partial charge on any atom is -0.481 e. The van der Waals surface area contributed by atoms with Crippen molar-refractivity contribution < 1.29 is 19.4 Å². The van der Waals surface area contributed by atoms with Crippen molar-refractivity contribution in [1.82, 2.24) is 10.2 Å². The van der Waals surface area contributed by atoms with Crippen molar-refractivity contribution in [3.63, 3.8) is 0 Å². The quantitative estimate of drug-likeness (QED) is 0.558. The van der Waals surface area contributed by atoms with Crippen LogP contribution in [0.2, 0.25) is 0 Å². The van der Waals surface area contributed by atoms with Crippen molar-refractivity contribution in [1.29, 1.82) is 0 Å². The monoisotopic (exact) mass is 441 g/mol. The van der Waals surface area contributed by atoms with E-state index in [-0.39, 0.29) is 12.3 Å². The number of methoxy groups -OCH3 is 1. The molecular formula is C23H27N3O4S. The molecule has 0 radical (unpaired) electrons. The first-order chi connectivity index (χ1) is 14.9. The number of aromatic nitrogens is 2. The molecule has 0 bridgehead atoms. The molecule has 1 amide bonds. The van der Waals surface area contributed by atoms with Gasteiger partial charge in [-0.25, -0.2) is 0 Å². The summed E-state index contributed by atoms with van der Waals surface area (Å²) in [7, 11) is 1.69. The Kier molecular flexibility index (Phi) is 7.70. The predicted molar refractivity (Wildman–Crippen MR) is 121 cm³/mol. The molecule has 1 unspecified atom stereocenters. The van der Waals surface area contributed by atoms with Crippen molar-refractivity contribution in [2.24, 2.45) is 0 Å².